The molecule has 2 rings (SSSR count). The van der Waals surface area contributed by atoms with Gasteiger partial charge in [-0.2, -0.15) is 13.2 Å². The number of carboxylic acid groups (broad SMARTS) is 1. The molecule has 3 nitrogen and oxygen atoms in total. The van der Waals surface area contributed by atoms with Crippen molar-refractivity contribution in [1.29, 1.82) is 0 Å². The van der Waals surface area contributed by atoms with Gasteiger partial charge in [0.1, 0.15) is 5.54 Å². The summed E-state index contributed by atoms with van der Waals surface area (Å²) in [7, 11) is 0. The Morgan fingerprint density at radius 3 is 2.38 bits per heavy atom. The fraction of sp³-hybridized carbons (Fsp3) is 0.533. The molecular formula is C15H18F3NO2. The van der Waals surface area contributed by atoms with Gasteiger partial charge in [-0.1, -0.05) is 12.1 Å². The number of likely N-dealkylation sites (tertiary alicyclic amines) is 1. The van der Waals surface area contributed by atoms with Crippen LogP contribution in [0.25, 0.3) is 0 Å². The van der Waals surface area contributed by atoms with Crippen LogP contribution < -0.4 is 0 Å². The maximum atomic E-state index is 12.6. The van der Waals surface area contributed by atoms with Crippen LogP contribution in [-0.2, 0) is 11.0 Å². The standard InChI is InChI=1S/C15H18F3NO2/c1-10(19-9-3-8-14(19,2)13(20)21)11-4-6-12(7-5-11)15(16,17)18/h4-7,10H,3,8-9H2,1-2H3,(H,20,21). The molecule has 0 aromatic heterocycles. The first kappa shape index (κ1) is 15.8. The van der Waals surface area contributed by atoms with E-state index < -0.39 is 23.2 Å². The van der Waals surface area contributed by atoms with Crippen molar-refractivity contribution in [1.82, 2.24) is 4.90 Å². The van der Waals surface area contributed by atoms with Crippen LogP contribution in [0.15, 0.2) is 24.3 Å². The molecule has 1 heterocycles. The van der Waals surface area contributed by atoms with Crippen LogP contribution in [0.2, 0.25) is 0 Å². The van der Waals surface area contributed by atoms with Gasteiger partial charge in [0.05, 0.1) is 5.56 Å². The minimum atomic E-state index is -4.36. The fourth-order valence-electron chi connectivity index (χ4n) is 2.97. The molecule has 2 atom stereocenters. The number of aliphatic carboxylic acids is 1. The highest BCUT2D eigenvalue weighted by Crippen LogP contribution is 2.37. The third-order valence-electron chi connectivity index (χ3n) is 4.35. The largest absolute Gasteiger partial charge is 0.480 e. The van der Waals surface area contributed by atoms with Crippen LogP contribution in [0.5, 0.6) is 0 Å². The highest BCUT2D eigenvalue weighted by atomic mass is 19.4. The summed E-state index contributed by atoms with van der Waals surface area (Å²) in [5, 5.41) is 9.40. The van der Waals surface area contributed by atoms with Gasteiger partial charge in [0, 0.05) is 6.04 Å². The molecular weight excluding hydrogens is 283 g/mol. The van der Waals surface area contributed by atoms with Crippen molar-refractivity contribution in [2.45, 2.75) is 44.4 Å². The summed E-state index contributed by atoms with van der Waals surface area (Å²) in [6.07, 6.45) is -3.04. The zero-order chi connectivity index (χ0) is 15.8. The molecule has 1 fully saturated rings. The van der Waals surface area contributed by atoms with Gasteiger partial charge in [0.15, 0.2) is 0 Å². The van der Waals surface area contributed by atoms with Crippen LogP contribution >= 0.6 is 0 Å². The quantitative estimate of drug-likeness (QED) is 0.925. The first-order valence-electron chi connectivity index (χ1n) is 6.83. The predicted molar refractivity (Wildman–Crippen MR) is 71.8 cm³/mol. The number of halogens is 3. The molecule has 0 spiro atoms. The van der Waals surface area contributed by atoms with E-state index in [2.05, 4.69) is 0 Å². The van der Waals surface area contributed by atoms with Crippen LogP contribution in [0.3, 0.4) is 0 Å². The van der Waals surface area contributed by atoms with E-state index in [1.165, 1.54) is 12.1 Å². The van der Waals surface area contributed by atoms with Gasteiger partial charge in [0.25, 0.3) is 0 Å². The number of hydrogen-bond donors (Lipinski definition) is 1. The second-order valence-electron chi connectivity index (χ2n) is 5.67. The van der Waals surface area contributed by atoms with E-state index in [0.717, 1.165) is 18.6 Å². The first-order valence-corrected chi connectivity index (χ1v) is 6.83. The van der Waals surface area contributed by atoms with Gasteiger partial charge in [0.2, 0.25) is 0 Å². The van der Waals surface area contributed by atoms with Crippen LogP contribution in [0.4, 0.5) is 13.2 Å². The fourth-order valence-corrected chi connectivity index (χ4v) is 2.97. The van der Waals surface area contributed by atoms with E-state index in [1.807, 2.05) is 11.8 Å². The molecule has 0 bridgehead atoms. The van der Waals surface area contributed by atoms with Gasteiger partial charge in [-0.25, -0.2) is 0 Å². The van der Waals surface area contributed by atoms with Gasteiger partial charge < -0.3 is 5.11 Å². The average molecular weight is 301 g/mol. The van der Waals surface area contributed by atoms with Crippen molar-refractivity contribution in [3.8, 4) is 0 Å². The number of hydrogen-bond acceptors (Lipinski definition) is 2. The third-order valence-corrected chi connectivity index (χ3v) is 4.35. The normalized spacial score (nSPS) is 25.0. The van der Waals surface area contributed by atoms with Crippen LogP contribution in [0, 0.1) is 0 Å². The lowest BCUT2D eigenvalue weighted by molar-refractivity contribution is -0.149. The number of nitrogens with zero attached hydrogens (tertiary/aromatic N) is 1. The number of rotatable bonds is 3. The molecule has 1 aromatic rings. The lowest BCUT2D eigenvalue weighted by Crippen LogP contribution is -2.48. The van der Waals surface area contributed by atoms with Crippen molar-refractivity contribution >= 4 is 5.97 Å². The minimum Gasteiger partial charge on any atom is -0.480 e. The molecule has 1 saturated heterocycles. The molecule has 0 saturated carbocycles. The summed E-state index contributed by atoms with van der Waals surface area (Å²) in [5.41, 5.74) is -0.958. The number of alkyl halides is 3. The molecule has 21 heavy (non-hydrogen) atoms. The molecule has 0 radical (unpaired) electrons. The summed E-state index contributed by atoms with van der Waals surface area (Å²) in [6.45, 7) is 4.13. The Bertz CT molecular complexity index is 527. The van der Waals surface area contributed by atoms with E-state index in [1.54, 1.807) is 6.92 Å². The Hall–Kier alpha value is -1.56. The Morgan fingerprint density at radius 2 is 1.90 bits per heavy atom. The van der Waals surface area contributed by atoms with Crippen molar-refractivity contribution in [3.63, 3.8) is 0 Å². The van der Waals surface area contributed by atoms with Crippen molar-refractivity contribution in [3.05, 3.63) is 35.4 Å². The molecule has 1 aromatic carbocycles. The van der Waals surface area contributed by atoms with Gasteiger partial charge in [-0.05, 0) is 50.9 Å². The summed E-state index contributed by atoms with van der Waals surface area (Å²) in [4.78, 5) is 13.3. The topological polar surface area (TPSA) is 40.5 Å². The zero-order valence-corrected chi connectivity index (χ0v) is 11.9. The van der Waals surface area contributed by atoms with Crippen molar-refractivity contribution in [2.75, 3.05) is 6.54 Å². The van der Waals surface area contributed by atoms with Crippen LogP contribution in [0.1, 0.15) is 43.9 Å². The molecule has 1 aliphatic rings. The predicted octanol–water partition coefficient (Wildman–Crippen LogP) is 3.71. The smallest absolute Gasteiger partial charge is 0.416 e. The van der Waals surface area contributed by atoms with Gasteiger partial charge in [-0.3, -0.25) is 9.69 Å². The van der Waals surface area contributed by atoms with E-state index >= 15 is 0 Å². The molecule has 0 amide bonds. The Balaban J connectivity index is 2.24. The second-order valence-corrected chi connectivity index (χ2v) is 5.67. The maximum absolute atomic E-state index is 12.6. The number of carboxylic acids is 1. The first-order chi connectivity index (χ1) is 9.66. The van der Waals surface area contributed by atoms with Gasteiger partial charge >= 0.3 is 12.1 Å². The second kappa shape index (κ2) is 5.33. The molecule has 2 unspecified atom stereocenters. The third kappa shape index (κ3) is 2.90. The molecule has 116 valence electrons. The highest BCUT2D eigenvalue weighted by Gasteiger charge is 2.45. The molecule has 6 heteroatoms. The molecule has 1 N–H and O–H groups in total. The molecule has 0 aliphatic carbocycles. The lowest BCUT2D eigenvalue weighted by Gasteiger charge is -2.36. The lowest BCUT2D eigenvalue weighted by atomic mass is 9.95. The Kier molecular flexibility index (Phi) is 4.02. The monoisotopic (exact) mass is 301 g/mol. The van der Waals surface area contributed by atoms with Crippen molar-refractivity contribution in [2.24, 2.45) is 0 Å². The van der Waals surface area contributed by atoms with Crippen LogP contribution in [-0.4, -0.2) is 28.1 Å². The maximum Gasteiger partial charge on any atom is 0.416 e. The van der Waals surface area contributed by atoms with Gasteiger partial charge in [-0.15, -0.1) is 0 Å². The number of benzene rings is 1. The SMILES string of the molecule is CC(c1ccc(C(F)(F)F)cc1)N1CCCC1(C)C(=O)O. The summed E-state index contributed by atoms with van der Waals surface area (Å²) in [6, 6.07) is 4.69. The highest BCUT2D eigenvalue weighted by molar-refractivity contribution is 5.78. The summed E-state index contributed by atoms with van der Waals surface area (Å²) in [5.74, 6) is -0.890. The zero-order valence-electron chi connectivity index (χ0n) is 11.9. The molecule has 1 aliphatic heterocycles. The average Bonchev–Trinajstić information content (AvgIpc) is 2.80. The Labute approximate surface area is 121 Å². The van der Waals surface area contributed by atoms with E-state index in [0.29, 0.717) is 18.5 Å². The van der Waals surface area contributed by atoms with E-state index in [-0.39, 0.29) is 6.04 Å². The van der Waals surface area contributed by atoms with E-state index in [9.17, 15) is 23.1 Å². The summed E-state index contributed by atoms with van der Waals surface area (Å²) >= 11 is 0. The Morgan fingerprint density at radius 1 is 1.33 bits per heavy atom. The minimum absolute atomic E-state index is 0.240. The summed E-state index contributed by atoms with van der Waals surface area (Å²) < 4.78 is 37.7. The van der Waals surface area contributed by atoms with E-state index in [4.69, 9.17) is 0 Å². The van der Waals surface area contributed by atoms with Crippen molar-refractivity contribution < 1.29 is 23.1 Å². The number of carbonyl (C=O) groups is 1.